The number of nitrogens with zero attached hydrogens (tertiary/aromatic N) is 1. The van der Waals surface area contributed by atoms with Crippen LogP contribution in [-0.2, 0) is 14.3 Å². The van der Waals surface area contributed by atoms with E-state index in [1.54, 1.807) is 17.0 Å². The highest BCUT2D eigenvalue weighted by molar-refractivity contribution is 5.95. The molecule has 1 fully saturated rings. The quantitative estimate of drug-likeness (QED) is 0.634. The number of morpholine rings is 1. The minimum absolute atomic E-state index is 0.201. The highest BCUT2D eigenvalue weighted by Crippen LogP contribution is 2.26. The molecule has 1 aliphatic rings. The lowest BCUT2D eigenvalue weighted by molar-refractivity contribution is -0.138. The molecule has 1 amide bonds. The molecule has 0 unspecified atom stereocenters. The van der Waals surface area contributed by atoms with Gasteiger partial charge in [0.2, 0.25) is 0 Å². The molecule has 1 heterocycles. The highest BCUT2D eigenvalue weighted by Gasteiger charge is 2.20. The molecule has 1 aromatic carbocycles. The lowest BCUT2D eigenvalue weighted by Gasteiger charge is -2.26. The summed E-state index contributed by atoms with van der Waals surface area (Å²) >= 11 is 0. The van der Waals surface area contributed by atoms with Crippen LogP contribution in [0.5, 0.6) is 5.75 Å². The maximum atomic E-state index is 12.0. The Balaban J connectivity index is 1.95. The van der Waals surface area contributed by atoms with Crippen LogP contribution in [0.3, 0.4) is 0 Å². The third-order valence-electron chi connectivity index (χ3n) is 3.16. The molecule has 1 saturated heterocycles. The Morgan fingerprint density at radius 1 is 1.33 bits per heavy atom. The van der Waals surface area contributed by atoms with Gasteiger partial charge < -0.3 is 24.8 Å². The Labute approximate surface area is 122 Å². The summed E-state index contributed by atoms with van der Waals surface area (Å²) in [4.78, 5) is 25.5. The molecule has 0 spiro atoms. The van der Waals surface area contributed by atoms with Crippen molar-refractivity contribution in [2.75, 3.05) is 45.8 Å². The second-order valence-electron chi connectivity index (χ2n) is 4.50. The lowest BCUT2D eigenvalue weighted by atomic mass is 10.2. The molecule has 0 atom stereocenters. The minimum atomic E-state index is -0.638. The number of benzene rings is 1. The predicted molar refractivity (Wildman–Crippen MR) is 75.1 cm³/mol. The smallest absolute Gasteiger partial charge is 0.342 e. The van der Waals surface area contributed by atoms with Crippen molar-refractivity contribution in [1.29, 1.82) is 0 Å². The van der Waals surface area contributed by atoms with Crippen molar-refractivity contribution >= 4 is 17.6 Å². The standard InChI is InChI=1S/C14H18N2O5/c1-19-13-10(3-2-4-11(13)15)14(18)21-9-12(17)16-5-7-20-8-6-16/h2-4H,5-9,15H2,1H3. The van der Waals surface area contributed by atoms with Gasteiger partial charge in [0.15, 0.2) is 12.4 Å². The van der Waals surface area contributed by atoms with E-state index < -0.39 is 5.97 Å². The third-order valence-corrected chi connectivity index (χ3v) is 3.16. The lowest BCUT2D eigenvalue weighted by Crippen LogP contribution is -2.42. The molecule has 0 aromatic heterocycles. The number of amides is 1. The summed E-state index contributed by atoms with van der Waals surface area (Å²) in [6.45, 7) is 1.72. The normalized spacial score (nSPS) is 14.6. The van der Waals surface area contributed by atoms with E-state index in [1.165, 1.54) is 13.2 Å². The van der Waals surface area contributed by atoms with Gasteiger partial charge in [-0.25, -0.2) is 4.79 Å². The van der Waals surface area contributed by atoms with Crippen LogP contribution >= 0.6 is 0 Å². The largest absolute Gasteiger partial charge is 0.494 e. The maximum absolute atomic E-state index is 12.0. The number of anilines is 1. The molecule has 0 aliphatic carbocycles. The SMILES string of the molecule is COc1c(N)cccc1C(=O)OCC(=O)N1CCOCC1. The van der Waals surface area contributed by atoms with Gasteiger partial charge in [0.25, 0.3) is 5.91 Å². The van der Waals surface area contributed by atoms with Crippen molar-refractivity contribution in [3.63, 3.8) is 0 Å². The Kier molecular flexibility index (Phi) is 4.99. The molecule has 0 radical (unpaired) electrons. The number of nitrogens with two attached hydrogens (primary N) is 1. The van der Waals surface area contributed by atoms with Crippen molar-refractivity contribution in [2.24, 2.45) is 0 Å². The second kappa shape index (κ2) is 6.94. The number of rotatable bonds is 4. The zero-order chi connectivity index (χ0) is 15.2. The number of esters is 1. The summed E-state index contributed by atoms with van der Waals surface area (Å²) in [6.07, 6.45) is 0. The van der Waals surface area contributed by atoms with Crippen molar-refractivity contribution < 1.29 is 23.8 Å². The summed E-state index contributed by atoms with van der Waals surface area (Å²) in [5.41, 5.74) is 6.26. The Hall–Kier alpha value is -2.28. The first-order valence-corrected chi connectivity index (χ1v) is 6.58. The molecule has 21 heavy (non-hydrogen) atoms. The zero-order valence-electron chi connectivity index (χ0n) is 11.8. The Bertz CT molecular complexity index is 526. The average molecular weight is 294 g/mol. The molecular formula is C14H18N2O5. The van der Waals surface area contributed by atoms with Crippen LogP contribution < -0.4 is 10.5 Å². The van der Waals surface area contributed by atoms with Crippen molar-refractivity contribution in [3.8, 4) is 5.75 Å². The van der Waals surface area contributed by atoms with E-state index in [1.807, 2.05) is 0 Å². The fourth-order valence-electron chi connectivity index (χ4n) is 2.05. The monoisotopic (exact) mass is 294 g/mol. The van der Waals surface area contributed by atoms with E-state index in [0.29, 0.717) is 32.0 Å². The van der Waals surface area contributed by atoms with Crippen molar-refractivity contribution in [2.45, 2.75) is 0 Å². The van der Waals surface area contributed by atoms with Crippen molar-refractivity contribution in [1.82, 2.24) is 4.90 Å². The van der Waals surface area contributed by atoms with E-state index in [4.69, 9.17) is 19.9 Å². The zero-order valence-corrected chi connectivity index (χ0v) is 11.8. The summed E-state index contributed by atoms with van der Waals surface area (Å²) in [5.74, 6) is -0.628. The van der Waals surface area contributed by atoms with Gasteiger partial charge in [-0.3, -0.25) is 4.79 Å². The number of nitrogen functional groups attached to an aromatic ring is 1. The second-order valence-corrected chi connectivity index (χ2v) is 4.50. The number of methoxy groups -OCH3 is 1. The summed E-state index contributed by atoms with van der Waals surface area (Å²) in [5, 5.41) is 0. The van der Waals surface area contributed by atoms with Gasteiger partial charge in [0, 0.05) is 13.1 Å². The molecule has 2 N–H and O–H groups in total. The number of carbonyl (C=O) groups excluding carboxylic acids is 2. The van der Waals surface area contributed by atoms with Gasteiger partial charge in [0.1, 0.15) is 5.56 Å². The van der Waals surface area contributed by atoms with E-state index in [2.05, 4.69) is 0 Å². The summed E-state index contributed by atoms with van der Waals surface area (Å²) < 4.78 is 15.3. The molecule has 114 valence electrons. The molecule has 7 heteroatoms. The fraction of sp³-hybridized carbons (Fsp3) is 0.429. The first-order chi connectivity index (χ1) is 10.1. The minimum Gasteiger partial charge on any atom is -0.494 e. The Morgan fingerprint density at radius 2 is 2.05 bits per heavy atom. The molecular weight excluding hydrogens is 276 g/mol. The number of para-hydroxylation sites is 1. The molecule has 1 aromatic rings. The van der Waals surface area contributed by atoms with Gasteiger partial charge in [0.05, 0.1) is 26.0 Å². The number of hydrogen-bond donors (Lipinski definition) is 1. The van der Waals surface area contributed by atoms with Crippen LogP contribution in [0.4, 0.5) is 5.69 Å². The van der Waals surface area contributed by atoms with Gasteiger partial charge in [-0.15, -0.1) is 0 Å². The van der Waals surface area contributed by atoms with Crippen LogP contribution in [0.2, 0.25) is 0 Å². The van der Waals surface area contributed by atoms with Gasteiger partial charge in [-0.1, -0.05) is 6.07 Å². The molecule has 0 saturated carbocycles. The first-order valence-electron chi connectivity index (χ1n) is 6.58. The topological polar surface area (TPSA) is 91.1 Å². The summed E-state index contributed by atoms with van der Waals surface area (Å²) in [6, 6.07) is 4.78. The summed E-state index contributed by atoms with van der Waals surface area (Å²) in [7, 11) is 1.42. The van der Waals surface area contributed by atoms with Crippen LogP contribution in [-0.4, -0.2) is 56.8 Å². The average Bonchev–Trinajstić information content (AvgIpc) is 2.52. The van der Waals surface area contributed by atoms with E-state index in [9.17, 15) is 9.59 Å². The molecule has 7 nitrogen and oxygen atoms in total. The maximum Gasteiger partial charge on any atom is 0.342 e. The molecule has 0 bridgehead atoms. The molecule has 2 rings (SSSR count). The van der Waals surface area contributed by atoms with Gasteiger partial charge in [-0.2, -0.15) is 0 Å². The van der Waals surface area contributed by atoms with Crippen LogP contribution in [0.25, 0.3) is 0 Å². The number of carbonyl (C=O) groups is 2. The van der Waals surface area contributed by atoms with E-state index in [0.717, 1.165) is 0 Å². The van der Waals surface area contributed by atoms with Crippen LogP contribution in [0, 0.1) is 0 Å². The van der Waals surface area contributed by atoms with Gasteiger partial charge >= 0.3 is 5.97 Å². The molecule has 1 aliphatic heterocycles. The third kappa shape index (κ3) is 3.63. The van der Waals surface area contributed by atoms with Crippen molar-refractivity contribution in [3.05, 3.63) is 23.8 Å². The number of ether oxygens (including phenoxy) is 3. The Morgan fingerprint density at radius 3 is 2.71 bits per heavy atom. The highest BCUT2D eigenvalue weighted by atomic mass is 16.5. The van der Waals surface area contributed by atoms with E-state index >= 15 is 0 Å². The van der Waals surface area contributed by atoms with Crippen LogP contribution in [0.1, 0.15) is 10.4 Å². The first kappa shape index (κ1) is 15.1. The fourth-order valence-corrected chi connectivity index (χ4v) is 2.05. The number of hydrogen-bond acceptors (Lipinski definition) is 6. The van der Waals surface area contributed by atoms with Gasteiger partial charge in [-0.05, 0) is 12.1 Å². The predicted octanol–water partition coefficient (Wildman–Crippen LogP) is 0.293. The van der Waals surface area contributed by atoms with E-state index in [-0.39, 0.29) is 23.8 Å². The van der Waals surface area contributed by atoms with Crippen LogP contribution in [0.15, 0.2) is 18.2 Å².